The van der Waals surface area contributed by atoms with Gasteiger partial charge >= 0.3 is 6.08 Å². The van der Waals surface area contributed by atoms with Crippen molar-refractivity contribution in [3.63, 3.8) is 0 Å². The molecule has 0 unspecified atom stereocenters. The van der Waals surface area contributed by atoms with Crippen LogP contribution < -0.4 is 16.1 Å². The lowest BCUT2D eigenvalue weighted by Crippen LogP contribution is -2.28. The van der Waals surface area contributed by atoms with Crippen LogP contribution in [0.1, 0.15) is 15.9 Å². The minimum absolute atomic E-state index is 0.334. The first-order chi connectivity index (χ1) is 25.5. The van der Waals surface area contributed by atoms with Gasteiger partial charge < -0.3 is 10.6 Å². The van der Waals surface area contributed by atoms with Crippen LogP contribution in [0.4, 0.5) is 33.3 Å². The Hall–Kier alpha value is -5.51. The smallest absolute Gasteiger partial charge is 0.315 e. The van der Waals surface area contributed by atoms with Crippen LogP contribution >= 0.6 is 11.6 Å². The van der Waals surface area contributed by atoms with Crippen LogP contribution in [0.25, 0.3) is 16.8 Å². The molecule has 4 aromatic carbocycles. The Morgan fingerprint density at radius 1 is 0.691 bits per heavy atom. The van der Waals surface area contributed by atoms with Crippen molar-refractivity contribution >= 4 is 109 Å². The molecule has 0 amide bonds. The highest BCUT2D eigenvalue weighted by Gasteiger charge is 2.36. The highest BCUT2D eigenvalue weighted by atomic mass is 35.5. The zero-order valence-corrected chi connectivity index (χ0v) is 30.6. The number of halogens is 2. The Morgan fingerprint density at radius 2 is 1.35 bits per heavy atom. The molecule has 0 saturated carbocycles. The Bertz CT molecular complexity index is 3000. The fraction of sp³-hybridized carbons (Fsp3) is 0. The molecule has 1 aliphatic rings. The van der Waals surface area contributed by atoms with E-state index in [1.165, 1.54) is 24.3 Å². The lowest BCUT2D eigenvalue weighted by atomic mass is 9.93. The number of carbonyl (C=O) groups excluding carboxylic acids is 1. The van der Waals surface area contributed by atoms with Gasteiger partial charge in [-0.25, -0.2) is 0 Å². The number of rotatable bonds is 10. The van der Waals surface area contributed by atoms with Gasteiger partial charge in [0.25, 0.3) is 40.5 Å². The van der Waals surface area contributed by atoms with Gasteiger partial charge in [0.15, 0.2) is 5.71 Å². The fourth-order valence-electron chi connectivity index (χ4n) is 5.25. The maximum atomic E-state index is 14.6. The van der Waals surface area contributed by atoms with E-state index in [2.05, 4.69) is 36.1 Å². The number of anilines is 5. The largest absolute Gasteiger partial charge is 0.324 e. The van der Waals surface area contributed by atoms with E-state index in [9.17, 15) is 61.1 Å². The first kappa shape index (κ1) is 39.2. The number of Topliss-reactive ketones (excluding diaryl/α,β-unsaturated/α-hetero) is 1. The van der Waals surface area contributed by atoms with Crippen LogP contribution in [-0.2, 0) is 40.5 Å². The summed E-state index contributed by atoms with van der Waals surface area (Å²) in [6.45, 7) is 0. The van der Waals surface area contributed by atoms with E-state index in [-0.39, 0.29) is 5.39 Å². The van der Waals surface area contributed by atoms with Gasteiger partial charge in [-0.2, -0.15) is 58.1 Å². The normalized spacial score (nSPS) is 14.4. The molecule has 7 N–H and O–H groups in total. The van der Waals surface area contributed by atoms with Gasteiger partial charge in [-0.15, -0.1) is 0 Å². The summed E-state index contributed by atoms with van der Waals surface area (Å²) in [6.07, 6.45) is -0.815. The van der Waals surface area contributed by atoms with Gasteiger partial charge in [0.1, 0.15) is 14.7 Å². The van der Waals surface area contributed by atoms with E-state index in [1.807, 2.05) is 0 Å². The first-order valence-corrected chi connectivity index (χ1v) is 20.6. The third-order valence-corrected chi connectivity index (χ3v) is 11.2. The summed E-state index contributed by atoms with van der Waals surface area (Å²) < 4.78 is 153. The van der Waals surface area contributed by atoms with Crippen molar-refractivity contribution in [2.75, 3.05) is 16.1 Å². The number of fused-ring (bicyclic) bond motifs is 2. The van der Waals surface area contributed by atoms with E-state index in [1.54, 1.807) is 0 Å². The minimum atomic E-state index is -5.44. The van der Waals surface area contributed by atoms with Crippen molar-refractivity contribution in [3.8, 4) is 0 Å². The number of hydrogen-bond donors (Lipinski definition) is 7. The molecule has 0 radical (unpaired) electrons. The highest BCUT2D eigenvalue weighted by molar-refractivity contribution is 7.91. The number of aromatic nitrogens is 3. The number of allylic oxidation sites excluding steroid dienone is 1. The average Bonchev–Trinajstić information content (AvgIpc) is 3.06. The van der Waals surface area contributed by atoms with Crippen molar-refractivity contribution in [1.29, 1.82) is 0 Å². The minimum Gasteiger partial charge on any atom is -0.324 e. The third-order valence-electron chi connectivity index (χ3n) is 7.43. The Kier molecular flexibility index (Phi) is 9.95. The zero-order valence-electron chi connectivity index (χ0n) is 26.6. The summed E-state index contributed by atoms with van der Waals surface area (Å²) in [6, 6.07) is 12.1. The zero-order chi connectivity index (χ0) is 40.2. The summed E-state index contributed by atoms with van der Waals surface area (Å²) >= 11 is 5.88. The predicted molar refractivity (Wildman–Crippen MR) is 193 cm³/mol. The van der Waals surface area contributed by atoms with Crippen molar-refractivity contribution in [1.82, 2.24) is 15.0 Å². The Morgan fingerprint density at radius 3 is 1.95 bits per heavy atom. The van der Waals surface area contributed by atoms with Crippen molar-refractivity contribution in [3.05, 3.63) is 93.9 Å². The van der Waals surface area contributed by atoms with Crippen molar-refractivity contribution in [2.24, 2.45) is 5.10 Å². The number of carbonyl (C=O) groups is 1. The quantitative estimate of drug-likeness (QED) is 0.0772. The molecule has 26 heteroatoms. The SMILES string of the molecule is O=C1/C(=N\Nc2ccc3c(S(=O)(=O)O)cccc3c2S(=O)(=O)O)C(S(=O)(=O)O)=Cc2cc(S(=O)(=O)O)cc(Nc3nc(F)nc(Nc4ccc(Cl)cc4)n3)c21. The van der Waals surface area contributed by atoms with Crippen LogP contribution in [0.2, 0.25) is 5.02 Å². The molecule has 1 aliphatic carbocycles. The van der Waals surface area contributed by atoms with Gasteiger partial charge in [-0.1, -0.05) is 29.8 Å². The van der Waals surface area contributed by atoms with Crippen LogP contribution in [-0.4, -0.2) is 78.3 Å². The molecule has 1 aromatic heterocycles. The summed E-state index contributed by atoms with van der Waals surface area (Å²) in [5, 5.41) is 8.27. The van der Waals surface area contributed by atoms with E-state index < -0.39 is 117 Å². The van der Waals surface area contributed by atoms with Crippen LogP contribution in [0.3, 0.4) is 0 Å². The molecule has 0 atom stereocenters. The number of nitrogens with zero attached hydrogens (tertiary/aromatic N) is 4. The van der Waals surface area contributed by atoms with Gasteiger partial charge in [0.2, 0.25) is 17.7 Å². The predicted octanol–water partition coefficient (Wildman–Crippen LogP) is 3.94. The van der Waals surface area contributed by atoms with Crippen LogP contribution in [0.5, 0.6) is 0 Å². The number of benzene rings is 4. The van der Waals surface area contributed by atoms with E-state index >= 15 is 0 Å². The second kappa shape index (κ2) is 14.0. The number of hydrogen-bond acceptors (Lipinski definition) is 16. The first-order valence-electron chi connectivity index (χ1n) is 14.5. The van der Waals surface area contributed by atoms with Crippen molar-refractivity contribution in [2.45, 2.75) is 14.7 Å². The summed E-state index contributed by atoms with van der Waals surface area (Å²) in [4.78, 5) is 21.0. The van der Waals surface area contributed by atoms with Crippen molar-refractivity contribution < 1.29 is 61.1 Å². The van der Waals surface area contributed by atoms with Gasteiger partial charge in [0, 0.05) is 21.5 Å². The molecule has 0 fully saturated rings. The topological polar surface area (TPSA) is 322 Å². The molecule has 0 bridgehead atoms. The number of hydrazone groups is 1. The summed E-state index contributed by atoms with van der Waals surface area (Å²) in [5.41, 5.74) is -1.21. The average molecular weight is 856 g/mol. The lowest BCUT2D eigenvalue weighted by molar-refractivity contribution is 0.106. The van der Waals surface area contributed by atoms with Gasteiger partial charge in [-0.3, -0.25) is 28.4 Å². The molecule has 55 heavy (non-hydrogen) atoms. The highest BCUT2D eigenvalue weighted by Crippen LogP contribution is 2.37. The molecule has 6 rings (SSSR count). The monoisotopic (exact) mass is 855 g/mol. The van der Waals surface area contributed by atoms with E-state index in [4.69, 9.17) is 11.6 Å². The molecular formula is C29H19ClFN7O13S4. The third kappa shape index (κ3) is 8.28. The standard InChI is InChI=1S/C29H19ClFN7O13S4/c30-14-4-6-15(7-5-14)32-28-34-27(31)35-29(36-28)33-20-12-16(52(40,41)42)10-13-11-22(54(46,47)48)24(25(39)23(13)20)38-37-19-9-8-17-18(26(19)55(49,50)51)2-1-3-21(17)53(43,44)45/h1-12,37H,(H,40,41,42)(H,43,44,45)(H,46,47,48)(H,49,50,51)(H2,32,33,34,35,36)/b38-24-. The summed E-state index contributed by atoms with van der Waals surface area (Å²) in [5.74, 6) is -2.48. The molecule has 0 spiro atoms. The van der Waals surface area contributed by atoms with Crippen LogP contribution in [0.15, 0.2) is 91.4 Å². The van der Waals surface area contributed by atoms with E-state index in [0.717, 1.165) is 30.3 Å². The molecule has 5 aromatic rings. The Balaban J connectivity index is 1.50. The van der Waals surface area contributed by atoms with Gasteiger partial charge in [0.05, 0.1) is 21.8 Å². The maximum absolute atomic E-state index is 14.6. The fourth-order valence-corrected chi connectivity index (χ4v) is 8.13. The second-order valence-corrected chi connectivity index (χ2v) is 17.0. The van der Waals surface area contributed by atoms with Crippen LogP contribution in [0, 0.1) is 6.08 Å². The summed E-state index contributed by atoms with van der Waals surface area (Å²) in [7, 11) is -20.8. The number of ketones is 1. The molecular weight excluding hydrogens is 837 g/mol. The molecule has 20 nitrogen and oxygen atoms in total. The molecule has 286 valence electrons. The Labute approximate surface area is 313 Å². The molecule has 1 heterocycles. The lowest BCUT2D eigenvalue weighted by Gasteiger charge is -2.21. The maximum Gasteiger partial charge on any atom is 0.315 e. The van der Waals surface area contributed by atoms with Gasteiger partial charge in [-0.05, 0) is 60.2 Å². The molecule has 0 saturated heterocycles. The van der Waals surface area contributed by atoms with E-state index in [0.29, 0.717) is 28.9 Å². The molecule has 0 aliphatic heterocycles. The number of nitrogens with one attached hydrogen (secondary N) is 3. The second-order valence-electron chi connectivity index (χ2n) is 11.0.